The third-order valence-electron chi connectivity index (χ3n) is 7.76. The van der Waals surface area contributed by atoms with Crippen LogP contribution in [0.3, 0.4) is 0 Å². The van der Waals surface area contributed by atoms with Crippen LogP contribution in [0.5, 0.6) is 11.5 Å². The van der Waals surface area contributed by atoms with Gasteiger partial charge in [0.2, 0.25) is 0 Å². The molecular formula is C32H35F3N4O4. The predicted molar refractivity (Wildman–Crippen MR) is 154 cm³/mol. The average molecular weight is 597 g/mol. The lowest BCUT2D eigenvalue weighted by Crippen LogP contribution is -2.44. The maximum atomic E-state index is 13.0. The summed E-state index contributed by atoms with van der Waals surface area (Å²) in [4.78, 5) is 34.0. The van der Waals surface area contributed by atoms with Crippen molar-refractivity contribution in [3.8, 4) is 11.5 Å². The first kappa shape index (κ1) is 30.3. The number of rotatable bonds is 8. The van der Waals surface area contributed by atoms with Crippen molar-refractivity contribution in [3.63, 3.8) is 0 Å². The number of aromatic nitrogens is 1. The van der Waals surface area contributed by atoms with Crippen LogP contribution >= 0.6 is 0 Å². The molecule has 2 aliphatic heterocycles. The maximum Gasteiger partial charge on any atom is 0.573 e. The van der Waals surface area contributed by atoms with Gasteiger partial charge in [-0.25, -0.2) is 0 Å². The molecule has 0 aliphatic carbocycles. The number of hydrogen-bond donors (Lipinski definition) is 1. The van der Waals surface area contributed by atoms with Crippen molar-refractivity contribution in [2.75, 3.05) is 26.2 Å². The van der Waals surface area contributed by atoms with Crippen molar-refractivity contribution in [3.05, 3.63) is 89.2 Å². The number of halogens is 3. The third kappa shape index (κ3) is 8.70. The number of piperidine rings is 2. The molecular weight excluding hydrogens is 561 g/mol. The second-order valence-corrected chi connectivity index (χ2v) is 11.1. The molecule has 8 nitrogen and oxygen atoms in total. The first-order chi connectivity index (χ1) is 20.6. The number of benzene rings is 2. The van der Waals surface area contributed by atoms with E-state index in [0.717, 1.165) is 24.2 Å². The Balaban J connectivity index is 1.05. The van der Waals surface area contributed by atoms with Crippen LogP contribution in [0, 0.1) is 6.92 Å². The third-order valence-corrected chi connectivity index (χ3v) is 7.76. The zero-order valence-electron chi connectivity index (χ0n) is 24.0. The maximum absolute atomic E-state index is 13.0. The fourth-order valence-electron chi connectivity index (χ4n) is 5.41. The summed E-state index contributed by atoms with van der Waals surface area (Å²) in [7, 11) is 0. The van der Waals surface area contributed by atoms with Gasteiger partial charge in [0.15, 0.2) is 0 Å². The molecule has 3 aromatic rings. The molecule has 5 rings (SSSR count). The lowest BCUT2D eigenvalue weighted by Gasteiger charge is -2.32. The van der Waals surface area contributed by atoms with Crippen LogP contribution in [-0.2, 0) is 6.54 Å². The second-order valence-electron chi connectivity index (χ2n) is 11.1. The van der Waals surface area contributed by atoms with Crippen molar-refractivity contribution in [1.29, 1.82) is 0 Å². The van der Waals surface area contributed by atoms with Crippen molar-refractivity contribution < 1.29 is 32.2 Å². The minimum Gasteiger partial charge on any atom is -0.490 e. The molecule has 0 radical (unpaired) electrons. The Bertz CT molecular complexity index is 1380. The molecule has 2 aromatic carbocycles. The molecule has 1 aromatic heterocycles. The summed E-state index contributed by atoms with van der Waals surface area (Å²) < 4.78 is 47.6. The van der Waals surface area contributed by atoms with E-state index >= 15 is 0 Å². The molecule has 0 atom stereocenters. The molecule has 228 valence electrons. The molecule has 2 aliphatic rings. The van der Waals surface area contributed by atoms with Crippen LogP contribution in [0.25, 0.3) is 0 Å². The van der Waals surface area contributed by atoms with Crippen molar-refractivity contribution in [1.82, 2.24) is 20.1 Å². The van der Waals surface area contributed by atoms with E-state index in [4.69, 9.17) is 4.74 Å². The molecule has 2 fully saturated rings. The van der Waals surface area contributed by atoms with Crippen LogP contribution in [0.4, 0.5) is 13.2 Å². The zero-order chi connectivity index (χ0) is 30.4. The number of nitrogens with one attached hydrogen (secondary N) is 1. The minimum absolute atomic E-state index is 0.0339. The zero-order valence-corrected chi connectivity index (χ0v) is 24.0. The van der Waals surface area contributed by atoms with Crippen LogP contribution in [0.1, 0.15) is 57.7 Å². The number of carbonyl (C=O) groups is 2. The number of aryl methyl sites for hydroxylation is 1. The lowest BCUT2D eigenvalue weighted by molar-refractivity contribution is -0.274. The van der Waals surface area contributed by atoms with E-state index in [1.54, 1.807) is 29.2 Å². The topological polar surface area (TPSA) is 84.0 Å². The lowest BCUT2D eigenvalue weighted by atomic mass is 10.0. The summed E-state index contributed by atoms with van der Waals surface area (Å²) in [6.07, 6.45) is -0.357. The number of likely N-dealkylation sites (tertiary alicyclic amines) is 2. The Kier molecular flexibility index (Phi) is 9.49. The number of ether oxygens (including phenoxy) is 2. The smallest absolute Gasteiger partial charge is 0.490 e. The number of nitrogens with zero attached hydrogens (tertiary/aromatic N) is 3. The van der Waals surface area contributed by atoms with E-state index in [-0.39, 0.29) is 29.7 Å². The van der Waals surface area contributed by atoms with Crippen molar-refractivity contribution >= 4 is 11.8 Å². The van der Waals surface area contributed by atoms with Gasteiger partial charge in [-0.05, 0) is 61.7 Å². The molecule has 0 unspecified atom stereocenters. The normalized spacial score (nSPS) is 17.0. The van der Waals surface area contributed by atoms with Crippen molar-refractivity contribution in [2.45, 2.75) is 57.7 Å². The van der Waals surface area contributed by atoms with Gasteiger partial charge in [0, 0.05) is 57.8 Å². The number of amides is 2. The molecule has 3 heterocycles. The molecule has 1 N–H and O–H groups in total. The van der Waals surface area contributed by atoms with Crippen LogP contribution in [-0.4, -0.2) is 71.3 Å². The molecule has 0 saturated carbocycles. The number of alkyl halides is 3. The van der Waals surface area contributed by atoms with Gasteiger partial charge in [0.25, 0.3) is 11.8 Å². The Morgan fingerprint density at radius 3 is 2.30 bits per heavy atom. The number of hydrogen-bond acceptors (Lipinski definition) is 6. The second kappa shape index (κ2) is 13.5. The van der Waals surface area contributed by atoms with Gasteiger partial charge in [-0.2, -0.15) is 0 Å². The van der Waals surface area contributed by atoms with Gasteiger partial charge < -0.3 is 19.7 Å². The van der Waals surface area contributed by atoms with E-state index in [1.807, 2.05) is 31.2 Å². The quantitative estimate of drug-likeness (QED) is 0.377. The first-order valence-corrected chi connectivity index (χ1v) is 14.5. The predicted octanol–water partition coefficient (Wildman–Crippen LogP) is 5.37. The fraction of sp³-hybridized carbons (Fsp3) is 0.406. The Hall–Kier alpha value is -4.12. The van der Waals surface area contributed by atoms with Crippen LogP contribution in [0.15, 0.2) is 66.9 Å². The van der Waals surface area contributed by atoms with E-state index < -0.39 is 6.36 Å². The summed E-state index contributed by atoms with van der Waals surface area (Å²) in [6.45, 7) is 5.05. The highest BCUT2D eigenvalue weighted by molar-refractivity contribution is 5.96. The van der Waals surface area contributed by atoms with Gasteiger partial charge in [0.1, 0.15) is 23.3 Å². The highest BCUT2D eigenvalue weighted by Crippen LogP contribution is 2.25. The number of pyridine rings is 1. The van der Waals surface area contributed by atoms with E-state index in [0.29, 0.717) is 56.8 Å². The largest absolute Gasteiger partial charge is 0.573 e. The fourth-order valence-corrected chi connectivity index (χ4v) is 5.41. The van der Waals surface area contributed by atoms with Crippen LogP contribution in [0.2, 0.25) is 0 Å². The summed E-state index contributed by atoms with van der Waals surface area (Å²) in [5, 5.41) is 3.03. The minimum atomic E-state index is -4.73. The molecule has 2 saturated heterocycles. The Labute approximate surface area is 248 Å². The Morgan fingerprint density at radius 2 is 1.65 bits per heavy atom. The molecule has 11 heteroatoms. The van der Waals surface area contributed by atoms with Crippen LogP contribution < -0.4 is 14.8 Å². The molecule has 0 bridgehead atoms. The standard InChI is InChI=1S/C32H35F3N4O4/c1-22-5-8-26(9-6-22)42-27-13-17-39(18-14-27)31(41)29-10-7-24(20-36-29)30(40)37-25-11-15-38(16-12-25)21-23-3-2-4-28(19-23)43-32(33,34)35/h2-10,19-20,25,27H,11-18,21H2,1H3,(H,37,40). The summed E-state index contributed by atoms with van der Waals surface area (Å²) in [6, 6.07) is 17.1. The summed E-state index contributed by atoms with van der Waals surface area (Å²) in [5.41, 5.74) is 2.58. The van der Waals surface area contributed by atoms with E-state index in [9.17, 15) is 22.8 Å². The van der Waals surface area contributed by atoms with Crippen molar-refractivity contribution in [2.24, 2.45) is 0 Å². The van der Waals surface area contributed by atoms with Gasteiger partial charge in [0.05, 0.1) is 5.56 Å². The molecule has 43 heavy (non-hydrogen) atoms. The average Bonchev–Trinajstić information content (AvgIpc) is 2.99. The monoisotopic (exact) mass is 596 g/mol. The van der Waals surface area contributed by atoms with Gasteiger partial charge in [-0.15, -0.1) is 13.2 Å². The summed E-state index contributed by atoms with van der Waals surface area (Å²) in [5.74, 6) is 0.182. The Morgan fingerprint density at radius 1 is 0.930 bits per heavy atom. The molecule has 0 spiro atoms. The van der Waals surface area contributed by atoms with Gasteiger partial charge in [-0.1, -0.05) is 29.8 Å². The summed E-state index contributed by atoms with van der Waals surface area (Å²) >= 11 is 0. The first-order valence-electron chi connectivity index (χ1n) is 14.5. The highest BCUT2D eigenvalue weighted by Gasteiger charge is 2.31. The van der Waals surface area contributed by atoms with E-state index in [1.165, 1.54) is 23.9 Å². The van der Waals surface area contributed by atoms with Gasteiger partial charge in [-0.3, -0.25) is 19.5 Å². The highest BCUT2D eigenvalue weighted by atomic mass is 19.4. The van der Waals surface area contributed by atoms with E-state index in [2.05, 4.69) is 19.9 Å². The SMILES string of the molecule is Cc1ccc(OC2CCN(C(=O)c3ccc(C(=O)NC4CCN(Cc5cccc(OC(F)(F)F)c5)CC4)cn3)CC2)cc1. The molecule has 2 amide bonds. The van der Waals surface area contributed by atoms with Gasteiger partial charge >= 0.3 is 6.36 Å². The number of carbonyl (C=O) groups excluding carboxylic acids is 2.